The lowest BCUT2D eigenvalue weighted by molar-refractivity contribution is -0.131. The minimum Gasteiger partial charge on any atom is -0.352 e. The fourth-order valence-electron chi connectivity index (χ4n) is 2.47. The smallest absolute Gasteiger partial charge is 0.227 e. The summed E-state index contributed by atoms with van der Waals surface area (Å²) >= 11 is 0. The Hall–Kier alpha value is -1.35. The molecule has 1 aromatic rings. The molecule has 1 saturated heterocycles. The lowest BCUT2D eigenvalue weighted by Crippen LogP contribution is -2.48. The van der Waals surface area contributed by atoms with Crippen LogP contribution in [0.5, 0.6) is 0 Å². The minimum atomic E-state index is -0.248. The van der Waals surface area contributed by atoms with Crippen molar-refractivity contribution < 1.29 is 4.79 Å². The molecule has 1 aliphatic rings. The van der Waals surface area contributed by atoms with Crippen LogP contribution in [-0.2, 0) is 11.3 Å². The molecule has 1 amide bonds. The zero-order valence-corrected chi connectivity index (χ0v) is 11.3. The number of piperidine rings is 1. The highest BCUT2D eigenvalue weighted by molar-refractivity contribution is 5.82. The predicted molar refractivity (Wildman–Crippen MR) is 73.2 cm³/mol. The van der Waals surface area contributed by atoms with Crippen molar-refractivity contribution >= 4 is 5.91 Å². The molecular formula is C15H22N2O. The van der Waals surface area contributed by atoms with Crippen LogP contribution < -0.4 is 10.6 Å². The Labute approximate surface area is 109 Å². The lowest BCUT2D eigenvalue weighted by Gasteiger charge is -2.32. The van der Waals surface area contributed by atoms with E-state index in [1.165, 1.54) is 5.56 Å². The molecular weight excluding hydrogens is 224 g/mol. The minimum absolute atomic E-state index is 0.163. The van der Waals surface area contributed by atoms with Crippen molar-refractivity contribution in [1.82, 2.24) is 10.6 Å². The lowest BCUT2D eigenvalue weighted by atomic mass is 9.82. The van der Waals surface area contributed by atoms with Gasteiger partial charge in [0.25, 0.3) is 0 Å². The summed E-state index contributed by atoms with van der Waals surface area (Å²) in [6.45, 7) is 6.55. The molecule has 1 atom stereocenters. The van der Waals surface area contributed by atoms with Crippen molar-refractivity contribution in [2.24, 2.45) is 5.41 Å². The van der Waals surface area contributed by atoms with Crippen LogP contribution in [0.25, 0.3) is 0 Å². The van der Waals surface area contributed by atoms with Crippen LogP contribution in [0, 0.1) is 12.3 Å². The molecule has 0 saturated carbocycles. The van der Waals surface area contributed by atoms with Gasteiger partial charge in [-0.3, -0.25) is 4.79 Å². The summed E-state index contributed by atoms with van der Waals surface area (Å²) in [7, 11) is 0. The molecule has 0 spiro atoms. The van der Waals surface area contributed by atoms with Crippen LogP contribution in [0.4, 0.5) is 0 Å². The number of hydrogen-bond acceptors (Lipinski definition) is 2. The Morgan fingerprint density at radius 3 is 3.00 bits per heavy atom. The van der Waals surface area contributed by atoms with Gasteiger partial charge < -0.3 is 10.6 Å². The first-order valence-electron chi connectivity index (χ1n) is 6.65. The van der Waals surface area contributed by atoms with Crippen LogP contribution in [-0.4, -0.2) is 19.0 Å². The SMILES string of the molecule is Cc1cccc(CNC(=O)C2(C)CCCNC2)c1. The number of carbonyl (C=O) groups is 1. The number of amides is 1. The second kappa shape index (κ2) is 5.53. The molecule has 0 bridgehead atoms. The van der Waals surface area contributed by atoms with Crippen molar-refractivity contribution in [3.05, 3.63) is 35.4 Å². The summed E-state index contributed by atoms with van der Waals surface area (Å²) in [6.07, 6.45) is 2.05. The van der Waals surface area contributed by atoms with Gasteiger partial charge in [0.15, 0.2) is 0 Å². The van der Waals surface area contributed by atoms with Crippen molar-refractivity contribution in [2.45, 2.75) is 33.2 Å². The maximum absolute atomic E-state index is 12.2. The molecule has 0 aromatic heterocycles. The molecule has 0 aliphatic carbocycles. The molecule has 98 valence electrons. The zero-order chi connectivity index (χ0) is 13.0. The molecule has 1 fully saturated rings. The standard InChI is InChI=1S/C15H22N2O/c1-12-5-3-6-13(9-12)10-17-14(18)15(2)7-4-8-16-11-15/h3,5-6,9,16H,4,7-8,10-11H2,1-2H3,(H,17,18). The average molecular weight is 246 g/mol. The van der Waals surface area contributed by atoms with E-state index in [0.29, 0.717) is 6.54 Å². The van der Waals surface area contributed by atoms with Gasteiger partial charge in [0.05, 0.1) is 5.41 Å². The van der Waals surface area contributed by atoms with Gasteiger partial charge in [0.2, 0.25) is 5.91 Å². The van der Waals surface area contributed by atoms with Crippen LogP contribution in [0.1, 0.15) is 30.9 Å². The van der Waals surface area contributed by atoms with Crippen molar-refractivity contribution in [3.8, 4) is 0 Å². The highest BCUT2D eigenvalue weighted by atomic mass is 16.2. The van der Waals surface area contributed by atoms with E-state index in [0.717, 1.165) is 31.5 Å². The van der Waals surface area contributed by atoms with Gasteiger partial charge in [0.1, 0.15) is 0 Å². The molecule has 2 N–H and O–H groups in total. The van der Waals surface area contributed by atoms with Gasteiger partial charge in [-0.2, -0.15) is 0 Å². The van der Waals surface area contributed by atoms with Crippen LogP contribution in [0.2, 0.25) is 0 Å². The maximum atomic E-state index is 12.2. The van der Waals surface area contributed by atoms with Crippen LogP contribution >= 0.6 is 0 Å². The fourth-order valence-corrected chi connectivity index (χ4v) is 2.47. The second-order valence-electron chi connectivity index (χ2n) is 5.51. The van der Waals surface area contributed by atoms with E-state index in [2.05, 4.69) is 35.8 Å². The Kier molecular flexibility index (Phi) is 4.02. The number of benzene rings is 1. The third-order valence-corrected chi connectivity index (χ3v) is 3.68. The van der Waals surface area contributed by atoms with E-state index in [9.17, 15) is 4.79 Å². The molecule has 2 rings (SSSR count). The molecule has 18 heavy (non-hydrogen) atoms. The second-order valence-corrected chi connectivity index (χ2v) is 5.51. The maximum Gasteiger partial charge on any atom is 0.227 e. The monoisotopic (exact) mass is 246 g/mol. The van der Waals surface area contributed by atoms with Gasteiger partial charge in [0, 0.05) is 13.1 Å². The summed E-state index contributed by atoms with van der Waals surface area (Å²) in [5.41, 5.74) is 2.14. The number of hydrogen-bond donors (Lipinski definition) is 2. The van der Waals surface area contributed by atoms with Crippen LogP contribution in [0.3, 0.4) is 0 Å². The predicted octanol–water partition coefficient (Wildman–Crippen LogP) is 2.00. The summed E-state index contributed by atoms with van der Waals surface area (Å²) < 4.78 is 0. The zero-order valence-electron chi connectivity index (χ0n) is 11.3. The quantitative estimate of drug-likeness (QED) is 0.856. The third-order valence-electron chi connectivity index (χ3n) is 3.68. The molecule has 3 heteroatoms. The average Bonchev–Trinajstić information content (AvgIpc) is 2.37. The first-order chi connectivity index (χ1) is 8.60. The van der Waals surface area contributed by atoms with Crippen LogP contribution in [0.15, 0.2) is 24.3 Å². The normalized spacial score (nSPS) is 23.7. The summed E-state index contributed by atoms with van der Waals surface area (Å²) in [5.74, 6) is 0.163. The van der Waals surface area contributed by atoms with E-state index < -0.39 is 0 Å². The Morgan fingerprint density at radius 2 is 2.33 bits per heavy atom. The first-order valence-corrected chi connectivity index (χ1v) is 6.65. The summed E-state index contributed by atoms with van der Waals surface area (Å²) in [6, 6.07) is 8.26. The first kappa shape index (κ1) is 13.1. The molecule has 1 heterocycles. The summed E-state index contributed by atoms with van der Waals surface area (Å²) in [4.78, 5) is 12.2. The highest BCUT2D eigenvalue weighted by Crippen LogP contribution is 2.25. The largest absolute Gasteiger partial charge is 0.352 e. The van der Waals surface area contributed by atoms with E-state index in [1.807, 2.05) is 13.0 Å². The third kappa shape index (κ3) is 3.10. The molecule has 1 aliphatic heterocycles. The van der Waals surface area contributed by atoms with Gasteiger partial charge in [-0.15, -0.1) is 0 Å². The highest BCUT2D eigenvalue weighted by Gasteiger charge is 2.34. The number of rotatable bonds is 3. The molecule has 1 unspecified atom stereocenters. The van der Waals surface area contributed by atoms with E-state index >= 15 is 0 Å². The van der Waals surface area contributed by atoms with Crippen molar-refractivity contribution in [1.29, 1.82) is 0 Å². The van der Waals surface area contributed by atoms with Gasteiger partial charge in [-0.1, -0.05) is 29.8 Å². The molecule has 3 nitrogen and oxygen atoms in total. The fraction of sp³-hybridized carbons (Fsp3) is 0.533. The number of aryl methyl sites for hydroxylation is 1. The number of carbonyl (C=O) groups excluding carboxylic acids is 1. The van der Waals surface area contributed by atoms with Gasteiger partial charge >= 0.3 is 0 Å². The van der Waals surface area contributed by atoms with E-state index in [1.54, 1.807) is 0 Å². The Morgan fingerprint density at radius 1 is 1.50 bits per heavy atom. The number of nitrogens with one attached hydrogen (secondary N) is 2. The van der Waals surface area contributed by atoms with Crippen molar-refractivity contribution in [2.75, 3.05) is 13.1 Å². The van der Waals surface area contributed by atoms with Gasteiger partial charge in [-0.25, -0.2) is 0 Å². The van der Waals surface area contributed by atoms with E-state index in [-0.39, 0.29) is 11.3 Å². The summed E-state index contributed by atoms with van der Waals surface area (Å²) in [5, 5.41) is 6.36. The Balaban J connectivity index is 1.91. The Bertz CT molecular complexity index is 422. The molecule has 0 radical (unpaired) electrons. The topological polar surface area (TPSA) is 41.1 Å². The van der Waals surface area contributed by atoms with Crippen molar-refractivity contribution in [3.63, 3.8) is 0 Å². The van der Waals surface area contributed by atoms with E-state index in [4.69, 9.17) is 0 Å². The van der Waals surface area contributed by atoms with Gasteiger partial charge in [-0.05, 0) is 38.8 Å². The molecule has 1 aromatic carbocycles.